The fourth-order valence-corrected chi connectivity index (χ4v) is 3.84. The predicted octanol–water partition coefficient (Wildman–Crippen LogP) is 2.67. The normalized spacial score (nSPS) is 21.0. The van der Waals surface area contributed by atoms with Crippen LogP contribution in [0.25, 0.3) is 0 Å². The average Bonchev–Trinajstić information content (AvgIpc) is 2.69. The van der Waals surface area contributed by atoms with Gasteiger partial charge in [0, 0.05) is 38.4 Å². The summed E-state index contributed by atoms with van der Waals surface area (Å²) in [6, 6.07) is 2.01. The summed E-state index contributed by atoms with van der Waals surface area (Å²) in [4.78, 5) is 32.7. The first-order valence-electron chi connectivity index (χ1n) is 9.99. The second-order valence-corrected chi connectivity index (χ2v) is 7.56. The largest absolute Gasteiger partial charge is 0.450 e. The Kier molecular flexibility index (Phi) is 6.53. The molecule has 0 spiro atoms. The van der Waals surface area contributed by atoms with E-state index in [2.05, 4.69) is 22.1 Å². The standard InChI is InChI=1S/C20H30N4O3/c1-3-27-20(26)23-9-6-17(7-10-23)22-19(25)16-11-18(13-21-12-16)24-8-4-5-15(2)14-24/h11-13,15,17H,3-10,14H2,1-2H3,(H,22,25). The number of likely N-dealkylation sites (tertiary alicyclic amines) is 1. The third kappa shape index (κ3) is 5.11. The van der Waals surface area contributed by atoms with E-state index in [0.717, 1.165) is 31.6 Å². The van der Waals surface area contributed by atoms with Crippen molar-refractivity contribution < 1.29 is 14.3 Å². The van der Waals surface area contributed by atoms with Crippen LogP contribution in [-0.4, -0.2) is 60.7 Å². The van der Waals surface area contributed by atoms with Crippen LogP contribution in [0.5, 0.6) is 0 Å². The molecule has 1 aromatic rings. The van der Waals surface area contributed by atoms with Crippen molar-refractivity contribution in [3.63, 3.8) is 0 Å². The van der Waals surface area contributed by atoms with Crippen LogP contribution in [-0.2, 0) is 4.74 Å². The van der Waals surface area contributed by atoms with E-state index in [0.29, 0.717) is 31.2 Å². The molecule has 0 aromatic carbocycles. The Morgan fingerprint density at radius 1 is 1.22 bits per heavy atom. The first-order valence-corrected chi connectivity index (χ1v) is 9.99. The van der Waals surface area contributed by atoms with Crippen LogP contribution in [0.15, 0.2) is 18.5 Å². The zero-order chi connectivity index (χ0) is 19.2. The fourth-order valence-electron chi connectivity index (χ4n) is 3.84. The topological polar surface area (TPSA) is 74.8 Å². The lowest BCUT2D eigenvalue weighted by Gasteiger charge is -2.33. The number of carbonyl (C=O) groups excluding carboxylic acids is 2. The summed E-state index contributed by atoms with van der Waals surface area (Å²) in [6.07, 6.45) is 7.11. The number of aromatic nitrogens is 1. The lowest BCUT2D eigenvalue weighted by Crippen LogP contribution is -2.46. The summed E-state index contributed by atoms with van der Waals surface area (Å²) in [5.41, 5.74) is 1.62. The number of nitrogens with zero attached hydrogens (tertiary/aromatic N) is 3. The molecule has 0 bridgehead atoms. The molecule has 2 aliphatic heterocycles. The molecule has 2 amide bonds. The minimum atomic E-state index is -0.269. The molecular weight excluding hydrogens is 344 g/mol. The van der Waals surface area contributed by atoms with Gasteiger partial charge in [-0.15, -0.1) is 0 Å². The Labute approximate surface area is 161 Å². The van der Waals surface area contributed by atoms with E-state index in [9.17, 15) is 9.59 Å². The number of carbonyl (C=O) groups is 2. The van der Waals surface area contributed by atoms with Crippen molar-refractivity contribution in [2.45, 2.75) is 45.6 Å². The van der Waals surface area contributed by atoms with Crippen molar-refractivity contribution >= 4 is 17.7 Å². The molecule has 148 valence electrons. The lowest BCUT2D eigenvalue weighted by molar-refractivity contribution is 0.0860. The predicted molar refractivity (Wildman–Crippen MR) is 104 cm³/mol. The number of amides is 2. The van der Waals surface area contributed by atoms with E-state index in [-0.39, 0.29) is 18.0 Å². The first-order chi connectivity index (χ1) is 13.1. The van der Waals surface area contributed by atoms with E-state index in [4.69, 9.17) is 4.74 Å². The number of piperidine rings is 2. The number of nitrogens with one attached hydrogen (secondary N) is 1. The molecule has 2 aliphatic rings. The maximum Gasteiger partial charge on any atom is 0.409 e. The van der Waals surface area contributed by atoms with E-state index in [1.54, 1.807) is 18.0 Å². The van der Waals surface area contributed by atoms with Crippen LogP contribution in [0.1, 0.15) is 49.9 Å². The monoisotopic (exact) mass is 374 g/mol. The number of hydrogen-bond donors (Lipinski definition) is 1. The fraction of sp³-hybridized carbons (Fsp3) is 0.650. The van der Waals surface area contributed by atoms with Gasteiger partial charge in [0.1, 0.15) is 0 Å². The molecule has 7 heteroatoms. The molecule has 1 atom stereocenters. The SMILES string of the molecule is CCOC(=O)N1CCC(NC(=O)c2cncc(N3CCCC(C)C3)c2)CC1. The Bertz CT molecular complexity index is 658. The van der Waals surface area contributed by atoms with Crippen molar-refractivity contribution in [1.29, 1.82) is 0 Å². The average molecular weight is 374 g/mol. The second-order valence-electron chi connectivity index (χ2n) is 7.56. The highest BCUT2D eigenvalue weighted by Crippen LogP contribution is 2.23. The highest BCUT2D eigenvalue weighted by Gasteiger charge is 2.25. The number of pyridine rings is 1. The molecule has 3 rings (SSSR count). The first kappa shape index (κ1) is 19.5. The Hall–Kier alpha value is -2.31. The second kappa shape index (κ2) is 9.06. The van der Waals surface area contributed by atoms with E-state index >= 15 is 0 Å². The maximum atomic E-state index is 12.7. The highest BCUT2D eigenvalue weighted by molar-refractivity contribution is 5.95. The van der Waals surface area contributed by atoms with Crippen LogP contribution in [0.2, 0.25) is 0 Å². The van der Waals surface area contributed by atoms with Gasteiger partial charge >= 0.3 is 6.09 Å². The van der Waals surface area contributed by atoms with Crippen molar-refractivity contribution in [2.75, 3.05) is 37.7 Å². The Morgan fingerprint density at radius 3 is 2.70 bits per heavy atom. The van der Waals surface area contributed by atoms with E-state index < -0.39 is 0 Å². The van der Waals surface area contributed by atoms with E-state index in [1.807, 2.05) is 12.3 Å². The molecule has 1 unspecified atom stereocenters. The highest BCUT2D eigenvalue weighted by atomic mass is 16.6. The van der Waals surface area contributed by atoms with Gasteiger partial charge in [-0.05, 0) is 44.6 Å². The van der Waals surface area contributed by atoms with Gasteiger partial charge < -0.3 is 19.9 Å². The number of hydrogen-bond acceptors (Lipinski definition) is 5. The van der Waals surface area contributed by atoms with Gasteiger partial charge in [-0.25, -0.2) is 4.79 Å². The number of ether oxygens (including phenoxy) is 1. The summed E-state index contributed by atoms with van der Waals surface area (Å²) in [5, 5.41) is 3.09. The van der Waals surface area contributed by atoms with Gasteiger partial charge in [0.15, 0.2) is 0 Å². The summed E-state index contributed by atoms with van der Waals surface area (Å²) in [6.45, 7) is 7.69. The van der Waals surface area contributed by atoms with Gasteiger partial charge in [-0.1, -0.05) is 6.92 Å². The minimum absolute atomic E-state index is 0.0711. The van der Waals surface area contributed by atoms with E-state index in [1.165, 1.54) is 12.8 Å². The van der Waals surface area contributed by atoms with Crippen molar-refractivity contribution in [3.05, 3.63) is 24.0 Å². The molecule has 7 nitrogen and oxygen atoms in total. The molecule has 1 N–H and O–H groups in total. The Balaban J connectivity index is 1.54. The maximum absolute atomic E-state index is 12.7. The molecule has 2 fully saturated rings. The molecule has 0 aliphatic carbocycles. The van der Waals surface area contributed by atoms with Crippen LogP contribution in [0.3, 0.4) is 0 Å². The van der Waals surface area contributed by atoms with Crippen molar-refractivity contribution in [2.24, 2.45) is 5.92 Å². The van der Waals surface area contributed by atoms with Crippen LogP contribution in [0, 0.1) is 5.92 Å². The van der Waals surface area contributed by atoms with Gasteiger partial charge in [-0.3, -0.25) is 9.78 Å². The number of anilines is 1. The molecular formula is C20H30N4O3. The Morgan fingerprint density at radius 2 is 2.00 bits per heavy atom. The van der Waals surface area contributed by atoms with Gasteiger partial charge in [0.2, 0.25) is 0 Å². The smallest absolute Gasteiger partial charge is 0.409 e. The van der Waals surface area contributed by atoms with Crippen molar-refractivity contribution in [1.82, 2.24) is 15.2 Å². The number of rotatable bonds is 4. The van der Waals surface area contributed by atoms with Crippen LogP contribution < -0.4 is 10.2 Å². The minimum Gasteiger partial charge on any atom is -0.450 e. The van der Waals surface area contributed by atoms with Gasteiger partial charge in [-0.2, -0.15) is 0 Å². The summed E-state index contributed by atoms with van der Waals surface area (Å²) >= 11 is 0. The quantitative estimate of drug-likeness (QED) is 0.877. The van der Waals surface area contributed by atoms with Crippen LogP contribution in [0.4, 0.5) is 10.5 Å². The zero-order valence-electron chi connectivity index (χ0n) is 16.3. The summed E-state index contributed by atoms with van der Waals surface area (Å²) < 4.78 is 5.03. The third-order valence-corrected chi connectivity index (χ3v) is 5.36. The summed E-state index contributed by atoms with van der Waals surface area (Å²) in [5.74, 6) is 0.574. The summed E-state index contributed by atoms with van der Waals surface area (Å²) in [7, 11) is 0. The van der Waals surface area contributed by atoms with Gasteiger partial charge in [0.05, 0.1) is 24.1 Å². The molecule has 0 saturated carbocycles. The molecule has 2 saturated heterocycles. The molecule has 1 aromatic heterocycles. The molecule has 27 heavy (non-hydrogen) atoms. The molecule has 0 radical (unpaired) electrons. The van der Waals surface area contributed by atoms with Crippen LogP contribution >= 0.6 is 0 Å². The third-order valence-electron chi connectivity index (χ3n) is 5.36. The van der Waals surface area contributed by atoms with Crippen molar-refractivity contribution in [3.8, 4) is 0 Å². The molecule has 3 heterocycles. The van der Waals surface area contributed by atoms with Gasteiger partial charge in [0.25, 0.3) is 5.91 Å². The lowest BCUT2D eigenvalue weighted by atomic mass is 10.00. The zero-order valence-corrected chi connectivity index (χ0v) is 16.3.